The fourth-order valence-corrected chi connectivity index (χ4v) is 1.47. The van der Waals surface area contributed by atoms with Crippen LogP contribution in [0.2, 0.25) is 0 Å². The smallest absolute Gasteiger partial charge is 0.399 e. The predicted octanol–water partition coefficient (Wildman–Crippen LogP) is 4.12. The lowest BCUT2D eigenvalue weighted by atomic mass is 9.98. The van der Waals surface area contributed by atoms with Crippen LogP contribution in [0.15, 0.2) is 18.2 Å². The van der Waals surface area contributed by atoms with Crippen molar-refractivity contribution in [2.24, 2.45) is 0 Å². The molecule has 2 N–H and O–H groups in total. The van der Waals surface area contributed by atoms with E-state index in [1.54, 1.807) is 0 Å². The fraction of sp³-hybridized carbons (Fsp3) is 0.455. The first kappa shape index (κ1) is 15.6. The van der Waals surface area contributed by atoms with E-state index >= 15 is 0 Å². The van der Waals surface area contributed by atoms with E-state index in [-0.39, 0.29) is 17.7 Å². The summed E-state index contributed by atoms with van der Waals surface area (Å²) >= 11 is 0. The second-order valence-electron chi connectivity index (χ2n) is 3.91. The van der Waals surface area contributed by atoms with E-state index in [2.05, 4.69) is 0 Å². The molecule has 0 aliphatic rings. The minimum atomic E-state index is -6.34. The van der Waals surface area contributed by atoms with Crippen molar-refractivity contribution in [1.82, 2.24) is 0 Å². The number of hydrogen-bond donors (Lipinski definition) is 1. The molecule has 0 aliphatic heterocycles. The molecule has 1 aromatic carbocycles. The van der Waals surface area contributed by atoms with Gasteiger partial charge in [0.25, 0.3) is 0 Å². The maximum atomic E-state index is 13.4. The lowest BCUT2D eigenvalue weighted by molar-refractivity contribution is -0.359. The van der Waals surface area contributed by atoms with Crippen molar-refractivity contribution >= 4 is 5.69 Å². The first-order valence-corrected chi connectivity index (χ1v) is 5.16. The molecule has 0 aliphatic carbocycles. The van der Waals surface area contributed by atoms with Gasteiger partial charge in [-0.05, 0) is 24.1 Å². The molecule has 19 heavy (non-hydrogen) atoms. The summed E-state index contributed by atoms with van der Waals surface area (Å²) in [6, 6.07) is 1.91. The van der Waals surface area contributed by atoms with Gasteiger partial charge in [-0.1, -0.05) is 13.0 Å². The van der Waals surface area contributed by atoms with E-state index in [0.29, 0.717) is 12.1 Å². The van der Waals surface area contributed by atoms with E-state index < -0.39 is 23.6 Å². The van der Waals surface area contributed by atoms with Crippen LogP contribution in [-0.2, 0) is 12.3 Å². The maximum Gasteiger partial charge on any atom is 0.460 e. The van der Waals surface area contributed by atoms with Crippen molar-refractivity contribution in [2.75, 3.05) is 5.73 Å². The molecule has 0 atom stereocenters. The van der Waals surface area contributed by atoms with Gasteiger partial charge in [0.05, 0.1) is 0 Å². The first-order chi connectivity index (χ1) is 8.45. The lowest BCUT2D eigenvalue weighted by Gasteiger charge is -2.28. The van der Waals surface area contributed by atoms with Crippen LogP contribution in [0.3, 0.4) is 0 Å². The average molecular weight is 289 g/mol. The Morgan fingerprint density at radius 3 is 1.95 bits per heavy atom. The normalized spacial score (nSPS) is 13.7. The Kier molecular flexibility index (Phi) is 3.75. The Hall–Kier alpha value is -1.47. The molecule has 8 heteroatoms. The molecule has 0 saturated heterocycles. The van der Waals surface area contributed by atoms with Gasteiger partial charge in [-0.3, -0.25) is 0 Å². The van der Waals surface area contributed by atoms with Crippen LogP contribution in [0.4, 0.5) is 36.4 Å². The van der Waals surface area contributed by atoms with Gasteiger partial charge in [-0.15, -0.1) is 0 Å². The predicted molar refractivity (Wildman–Crippen MR) is 55.1 cm³/mol. The summed E-state index contributed by atoms with van der Waals surface area (Å²) < 4.78 is 88.4. The van der Waals surface area contributed by atoms with Gasteiger partial charge in [0.2, 0.25) is 0 Å². The zero-order valence-corrected chi connectivity index (χ0v) is 9.66. The Morgan fingerprint density at radius 2 is 1.53 bits per heavy atom. The molecule has 0 spiro atoms. The Morgan fingerprint density at radius 1 is 1.00 bits per heavy atom. The highest BCUT2D eigenvalue weighted by Gasteiger charge is 2.73. The first-order valence-electron chi connectivity index (χ1n) is 5.16. The van der Waals surface area contributed by atoms with Crippen molar-refractivity contribution < 1.29 is 30.7 Å². The van der Waals surface area contributed by atoms with Crippen molar-refractivity contribution in [2.45, 2.75) is 31.4 Å². The van der Waals surface area contributed by atoms with E-state index in [0.717, 1.165) is 6.07 Å². The van der Waals surface area contributed by atoms with Crippen LogP contribution >= 0.6 is 0 Å². The molecule has 1 nitrogen and oxygen atoms in total. The second-order valence-corrected chi connectivity index (χ2v) is 3.91. The fourth-order valence-electron chi connectivity index (χ4n) is 1.47. The van der Waals surface area contributed by atoms with Crippen molar-refractivity contribution in [3.05, 3.63) is 29.3 Å². The zero-order chi connectivity index (χ0) is 15.1. The van der Waals surface area contributed by atoms with Crippen LogP contribution < -0.4 is 5.73 Å². The molecule has 0 aromatic heterocycles. The number of benzene rings is 1. The van der Waals surface area contributed by atoms with Gasteiger partial charge in [-0.2, -0.15) is 30.7 Å². The maximum absolute atomic E-state index is 13.4. The molecule has 0 unspecified atom stereocenters. The van der Waals surface area contributed by atoms with E-state index in [1.807, 2.05) is 0 Å². The minimum Gasteiger partial charge on any atom is -0.399 e. The Labute approximate surface area is 104 Å². The Balaban J connectivity index is 3.35. The molecular formula is C11H10F7N. The van der Waals surface area contributed by atoms with Crippen LogP contribution in [0.5, 0.6) is 0 Å². The molecule has 0 radical (unpaired) electrons. The number of rotatable bonds is 3. The summed E-state index contributed by atoms with van der Waals surface area (Å²) in [5.74, 6) is -11.5. The summed E-state index contributed by atoms with van der Waals surface area (Å²) in [5, 5.41) is 0. The quantitative estimate of drug-likeness (QED) is 0.657. The molecule has 0 bridgehead atoms. The number of halogens is 7. The van der Waals surface area contributed by atoms with Crippen molar-refractivity contribution in [3.63, 3.8) is 0 Å². The number of alkyl halides is 7. The SMILES string of the molecule is CCc1cc(C(F)(F)C(F)(F)C(F)(F)F)ccc1N. The largest absolute Gasteiger partial charge is 0.460 e. The molecule has 0 heterocycles. The summed E-state index contributed by atoms with van der Waals surface area (Å²) in [7, 11) is 0. The van der Waals surface area contributed by atoms with Gasteiger partial charge in [0, 0.05) is 11.3 Å². The van der Waals surface area contributed by atoms with Gasteiger partial charge in [0.15, 0.2) is 0 Å². The number of nitrogen functional groups attached to an aromatic ring is 1. The molecule has 0 saturated carbocycles. The molecule has 0 amide bonds. The molecule has 108 valence electrons. The molecule has 1 aromatic rings. The van der Waals surface area contributed by atoms with E-state index in [4.69, 9.17) is 5.73 Å². The third-order valence-electron chi connectivity index (χ3n) is 2.64. The summed E-state index contributed by atoms with van der Waals surface area (Å²) in [6.07, 6.45) is -6.21. The van der Waals surface area contributed by atoms with Gasteiger partial charge in [0.1, 0.15) is 0 Å². The average Bonchev–Trinajstić information content (AvgIpc) is 2.27. The number of anilines is 1. The third-order valence-corrected chi connectivity index (χ3v) is 2.64. The summed E-state index contributed by atoms with van der Waals surface area (Å²) in [4.78, 5) is 0. The molecular weight excluding hydrogens is 279 g/mol. The second kappa shape index (κ2) is 4.57. The topological polar surface area (TPSA) is 26.0 Å². The third kappa shape index (κ3) is 2.48. The van der Waals surface area contributed by atoms with Crippen LogP contribution in [0.1, 0.15) is 18.1 Å². The zero-order valence-electron chi connectivity index (χ0n) is 9.66. The van der Waals surface area contributed by atoms with Gasteiger partial charge < -0.3 is 5.73 Å². The number of hydrogen-bond acceptors (Lipinski definition) is 1. The van der Waals surface area contributed by atoms with E-state index in [1.165, 1.54) is 6.92 Å². The highest BCUT2D eigenvalue weighted by molar-refractivity contribution is 5.49. The van der Waals surface area contributed by atoms with Crippen LogP contribution in [0.25, 0.3) is 0 Å². The lowest BCUT2D eigenvalue weighted by Crippen LogP contribution is -2.50. The number of aryl methyl sites for hydroxylation is 1. The highest BCUT2D eigenvalue weighted by Crippen LogP contribution is 2.51. The van der Waals surface area contributed by atoms with Crippen molar-refractivity contribution in [1.29, 1.82) is 0 Å². The highest BCUT2D eigenvalue weighted by atomic mass is 19.4. The van der Waals surface area contributed by atoms with Crippen LogP contribution in [-0.4, -0.2) is 12.1 Å². The van der Waals surface area contributed by atoms with E-state index in [9.17, 15) is 30.7 Å². The minimum absolute atomic E-state index is 0.0531. The van der Waals surface area contributed by atoms with Crippen molar-refractivity contribution in [3.8, 4) is 0 Å². The number of nitrogens with two attached hydrogens (primary N) is 1. The summed E-state index contributed by atoms with van der Waals surface area (Å²) in [6.45, 7) is 1.51. The van der Waals surface area contributed by atoms with Gasteiger partial charge >= 0.3 is 18.0 Å². The Bertz CT molecular complexity index is 465. The van der Waals surface area contributed by atoms with Crippen LogP contribution in [0, 0.1) is 0 Å². The molecule has 1 rings (SSSR count). The monoisotopic (exact) mass is 289 g/mol. The van der Waals surface area contributed by atoms with Gasteiger partial charge in [-0.25, -0.2) is 0 Å². The standard InChI is InChI=1S/C11H10F7N/c1-2-6-5-7(3-4-8(6)19)9(12,13)10(14,15)11(16,17)18/h3-5H,2,19H2,1H3. The summed E-state index contributed by atoms with van der Waals surface area (Å²) in [5.41, 5.74) is 4.10. The molecule has 0 fully saturated rings.